The van der Waals surface area contributed by atoms with E-state index >= 15 is 0 Å². The smallest absolute Gasteiger partial charge is 0.338 e. The molecule has 0 radical (unpaired) electrons. The van der Waals surface area contributed by atoms with Crippen molar-refractivity contribution in [1.29, 1.82) is 0 Å². The number of piperazine rings is 1. The van der Waals surface area contributed by atoms with Gasteiger partial charge in [0.2, 0.25) is 0 Å². The van der Waals surface area contributed by atoms with Crippen LogP contribution >= 0.6 is 0 Å². The van der Waals surface area contributed by atoms with Crippen LogP contribution in [0.25, 0.3) is 0 Å². The number of ether oxygens (including phenoxy) is 2. The number of aryl methyl sites for hydroxylation is 1. The molecule has 0 aliphatic carbocycles. The fourth-order valence-corrected chi connectivity index (χ4v) is 3.31. The third-order valence-corrected chi connectivity index (χ3v) is 4.99. The maximum absolute atomic E-state index is 12.5. The molecule has 1 aliphatic heterocycles. The Labute approximate surface area is 165 Å². The van der Waals surface area contributed by atoms with E-state index in [2.05, 4.69) is 4.90 Å². The van der Waals surface area contributed by atoms with Gasteiger partial charge < -0.3 is 14.4 Å². The third kappa shape index (κ3) is 4.89. The van der Waals surface area contributed by atoms with E-state index in [1.807, 2.05) is 54.3 Å². The molecule has 1 fully saturated rings. The zero-order valence-corrected chi connectivity index (χ0v) is 16.4. The number of amides is 1. The first-order valence-electron chi connectivity index (χ1n) is 9.43. The highest BCUT2D eigenvalue weighted by molar-refractivity contribution is 5.90. The molecule has 0 spiro atoms. The van der Waals surface area contributed by atoms with E-state index in [1.165, 1.54) is 7.11 Å². The summed E-state index contributed by atoms with van der Waals surface area (Å²) in [7, 11) is 1.39. The van der Waals surface area contributed by atoms with Crippen molar-refractivity contribution in [2.24, 2.45) is 0 Å². The Morgan fingerprint density at radius 2 is 1.64 bits per heavy atom. The maximum atomic E-state index is 12.5. The number of carbonyl (C=O) groups is 2. The number of esters is 1. The van der Waals surface area contributed by atoms with E-state index in [0.717, 1.165) is 30.0 Å². The second-order valence-electron chi connectivity index (χ2n) is 6.86. The van der Waals surface area contributed by atoms with Gasteiger partial charge in [0.05, 0.1) is 12.7 Å². The van der Waals surface area contributed by atoms with Crippen LogP contribution in [0.3, 0.4) is 0 Å². The quantitative estimate of drug-likeness (QED) is 0.719. The molecular weight excluding hydrogens is 356 g/mol. The Hall–Kier alpha value is -2.86. The number of benzene rings is 2. The first-order valence-corrected chi connectivity index (χ1v) is 9.43. The molecule has 6 nitrogen and oxygen atoms in total. The zero-order chi connectivity index (χ0) is 19.9. The van der Waals surface area contributed by atoms with Crippen molar-refractivity contribution in [3.63, 3.8) is 0 Å². The van der Waals surface area contributed by atoms with Crippen molar-refractivity contribution < 1.29 is 19.1 Å². The van der Waals surface area contributed by atoms with Crippen LogP contribution in [0.15, 0.2) is 48.5 Å². The van der Waals surface area contributed by atoms with Crippen molar-refractivity contribution in [2.45, 2.75) is 13.5 Å². The number of rotatable bonds is 6. The van der Waals surface area contributed by atoms with E-state index in [4.69, 9.17) is 9.47 Å². The van der Waals surface area contributed by atoms with Gasteiger partial charge in [-0.15, -0.1) is 0 Å². The summed E-state index contributed by atoms with van der Waals surface area (Å²) in [5, 5.41) is 0. The zero-order valence-electron chi connectivity index (χ0n) is 16.4. The summed E-state index contributed by atoms with van der Waals surface area (Å²) in [4.78, 5) is 28.5. The van der Waals surface area contributed by atoms with E-state index in [9.17, 15) is 9.59 Å². The summed E-state index contributed by atoms with van der Waals surface area (Å²) >= 11 is 0. The lowest BCUT2D eigenvalue weighted by Crippen LogP contribution is -2.49. The van der Waals surface area contributed by atoms with Gasteiger partial charge in [-0.25, -0.2) is 4.79 Å². The fourth-order valence-electron chi connectivity index (χ4n) is 3.31. The third-order valence-electron chi connectivity index (χ3n) is 4.99. The second-order valence-corrected chi connectivity index (χ2v) is 6.86. The van der Waals surface area contributed by atoms with Crippen LogP contribution < -0.4 is 4.74 Å². The van der Waals surface area contributed by atoms with E-state index in [-0.39, 0.29) is 18.5 Å². The van der Waals surface area contributed by atoms with Crippen molar-refractivity contribution in [1.82, 2.24) is 9.80 Å². The van der Waals surface area contributed by atoms with Gasteiger partial charge in [-0.1, -0.05) is 36.4 Å². The Kier molecular flexibility index (Phi) is 6.66. The minimum absolute atomic E-state index is 0.00198. The number of para-hydroxylation sites is 1. The number of nitrogens with zero attached hydrogens (tertiary/aromatic N) is 2. The summed E-state index contributed by atoms with van der Waals surface area (Å²) in [5.74, 6) is 0.421. The monoisotopic (exact) mass is 382 g/mol. The lowest BCUT2D eigenvalue weighted by Gasteiger charge is -2.35. The molecule has 0 bridgehead atoms. The van der Waals surface area contributed by atoms with Crippen molar-refractivity contribution in [2.75, 3.05) is 39.9 Å². The molecule has 0 unspecified atom stereocenters. The molecule has 1 heterocycles. The molecular formula is C22H26N2O4. The van der Waals surface area contributed by atoms with Crippen LogP contribution in [-0.2, 0) is 16.1 Å². The van der Waals surface area contributed by atoms with E-state index < -0.39 is 0 Å². The van der Waals surface area contributed by atoms with E-state index in [1.54, 1.807) is 6.07 Å². The standard InChI is InChI=1S/C22H26N2O4/c1-17-7-3-6-10-20(17)28-16-21(25)24-13-11-23(12-14-24)15-18-8-4-5-9-19(18)22(26)27-2/h3-10H,11-16H2,1-2H3. The minimum Gasteiger partial charge on any atom is -0.484 e. The Bertz CT molecular complexity index is 829. The Balaban J connectivity index is 1.50. The molecule has 0 aromatic heterocycles. The molecule has 0 N–H and O–H groups in total. The van der Waals surface area contributed by atoms with E-state index in [0.29, 0.717) is 25.2 Å². The van der Waals surface area contributed by atoms with Gasteiger partial charge >= 0.3 is 5.97 Å². The number of methoxy groups -OCH3 is 1. The molecule has 1 saturated heterocycles. The van der Waals surface area contributed by atoms with Gasteiger partial charge in [-0.2, -0.15) is 0 Å². The largest absolute Gasteiger partial charge is 0.484 e. The summed E-state index contributed by atoms with van der Waals surface area (Å²) in [6, 6.07) is 15.2. The number of hydrogen-bond acceptors (Lipinski definition) is 5. The predicted octanol–water partition coefficient (Wildman–Crippen LogP) is 2.50. The highest BCUT2D eigenvalue weighted by atomic mass is 16.5. The lowest BCUT2D eigenvalue weighted by molar-refractivity contribution is -0.135. The number of hydrogen-bond donors (Lipinski definition) is 0. The highest BCUT2D eigenvalue weighted by Crippen LogP contribution is 2.17. The molecule has 28 heavy (non-hydrogen) atoms. The molecule has 6 heteroatoms. The maximum Gasteiger partial charge on any atom is 0.338 e. The van der Waals surface area contributed by atoms with Crippen LogP contribution in [-0.4, -0.2) is 61.6 Å². The first kappa shape index (κ1) is 19.9. The highest BCUT2D eigenvalue weighted by Gasteiger charge is 2.23. The predicted molar refractivity (Wildman–Crippen MR) is 106 cm³/mol. The second kappa shape index (κ2) is 9.37. The van der Waals surface area contributed by atoms with Crippen molar-refractivity contribution in [3.8, 4) is 5.75 Å². The molecule has 0 atom stereocenters. The summed E-state index contributed by atoms with van der Waals surface area (Å²) < 4.78 is 10.5. The molecule has 3 rings (SSSR count). The first-order chi connectivity index (χ1) is 13.6. The van der Waals surface area contributed by atoms with Crippen LogP contribution in [0.1, 0.15) is 21.5 Å². The van der Waals surface area contributed by atoms with Gasteiger partial charge in [0.1, 0.15) is 5.75 Å². The summed E-state index contributed by atoms with van der Waals surface area (Å²) in [6.07, 6.45) is 0. The molecule has 0 saturated carbocycles. The normalized spacial score (nSPS) is 14.6. The van der Waals surface area contributed by atoms with Gasteiger partial charge in [0.25, 0.3) is 5.91 Å². The minimum atomic E-state index is -0.322. The molecule has 1 amide bonds. The molecule has 2 aromatic carbocycles. The lowest BCUT2D eigenvalue weighted by atomic mass is 10.1. The van der Waals surface area contributed by atoms with Crippen molar-refractivity contribution in [3.05, 3.63) is 65.2 Å². The molecule has 148 valence electrons. The van der Waals surface area contributed by atoms with Gasteiger partial charge in [-0.05, 0) is 30.2 Å². The molecule has 1 aliphatic rings. The SMILES string of the molecule is COC(=O)c1ccccc1CN1CCN(C(=O)COc2ccccc2C)CC1. The Morgan fingerprint density at radius 3 is 2.36 bits per heavy atom. The topological polar surface area (TPSA) is 59.1 Å². The van der Waals surface area contributed by atoms with Crippen molar-refractivity contribution >= 4 is 11.9 Å². The average Bonchev–Trinajstić information content (AvgIpc) is 2.73. The van der Waals surface area contributed by atoms with Crippen LogP contribution in [0.4, 0.5) is 0 Å². The van der Waals surface area contributed by atoms with Gasteiger partial charge in [-0.3, -0.25) is 9.69 Å². The van der Waals surface area contributed by atoms with Crippen LogP contribution in [0.5, 0.6) is 5.75 Å². The average molecular weight is 382 g/mol. The van der Waals surface area contributed by atoms with Gasteiger partial charge in [0.15, 0.2) is 6.61 Å². The summed E-state index contributed by atoms with van der Waals surface area (Å²) in [5.41, 5.74) is 2.55. The molecule has 2 aromatic rings. The van der Waals surface area contributed by atoms with Gasteiger partial charge in [0, 0.05) is 32.7 Å². The van der Waals surface area contributed by atoms with Crippen LogP contribution in [0.2, 0.25) is 0 Å². The number of carbonyl (C=O) groups excluding carboxylic acids is 2. The van der Waals surface area contributed by atoms with Crippen LogP contribution in [0, 0.1) is 6.92 Å². The summed E-state index contributed by atoms with van der Waals surface area (Å²) in [6.45, 7) is 5.48. The Morgan fingerprint density at radius 1 is 0.964 bits per heavy atom. The fraction of sp³-hybridized carbons (Fsp3) is 0.364.